The van der Waals surface area contributed by atoms with Crippen molar-refractivity contribution in [3.8, 4) is 0 Å². The number of rotatable bonds is 3. The van der Waals surface area contributed by atoms with Gasteiger partial charge in [-0.3, -0.25) is 10.1 Å². The van der Waals surface area contributed by atoms with Crippen molar-refractivity contribution in [2.24, 2.45) is 5.92 Å². The SMILES string of the molecule is CC1COCCC1Nc1ccc(F)cc1[N+](=O)[O-]. The molecule has 1 N–H and O–H groups in total. The van der Waals surface area contributed by atoms with Crippen LogP contribution in [0.5, 0.6) is 0 Å². The second-order valence-electron chi connectivity index (χ2n) is 4.51. The van der Waals surface area contributed by atoms with Crippen molar-refractivity contribution < 1.29 is 14.1 Å². The zero-order valence-corrected chi connectivity index (χ0v) is 10.1. The summed E-state index contributed by atoms with van der Waals surface area (Å²) in [5, 5.41) is 14.0. The minimum Gasteiger partial charge on any atom is -0.381 e. The van der Waals surface area contributed by atoms with E-state index in [1.165, 1.54) is 12.1 Å². The third-order valence-electron chi connectivity index (χ3n) is 3.14. The van der Waals surface area contributed by atoms with Crippen molar-refractivity contribution in [2.45, 2.75) is 19.4 Å². The molecule has 5 nitrogen and oxygen atoms in total. The van der Waals surface area contributed by atoms with Crippen molar-refractivity contribution in [3.63, 3.8) is 0 Å². The maximum Gasteiger partial charge on any atom is 0.295 e. The number of anilines is 1. The molecule has 1 aliphatic rings. The molecule has 0 aliphatic carbocycles. The zero-order valence-electron chi connectivity index (χ0n) is 10.1. The number of nitrogens with zero attached hydrogens (tertiary/aromatic N) is 1. The Morgan fingerprint density at radius 2 is 2.33 bits per heavy atom. The molecule has 98 valence electrons. The number of benzene rings is 1. The van der Waals surface area contributed by atoms with Gasteiger partial charge in [0.25, 0.3) is 5.69 Å². The summed E-state index contributed by atoms with van der Waals surface area (Å²) in [6, 6.07) is 3.68. The van der Waals surface area contributed by atoms with Gasteiger partial charge in [0, 0.05) is 12.6 Å². The summed E-state index contributed by atoms with van der Waals surface area (Å²) < 4.78 is 18.3. The molecule has 0 spiro atoms. The number of nitro benzene ring substituents is 1. The Hall–Kier alpha value is -1.69. The van der Waals surface area contributed by atoms with Crippen LogP contribution < -0.4 is 5.32 Å². The van der Waals surface area contributed by atoms with Crippen molar-refractivity contribution in [2.75, 3.05) is 18.5 Å². The first kappa shape index (κ1) is 12.8. The van der Waals surface area contributed by atoms with Gasteiger partial charge in [-0.1, -0.05) is 6.92 Å². The molecule has 0 saturated carbocycles. The summed E-state index contributed by atoms with van der Waals surface area (Å²) >= 11 is 0. The molecule has 1 fully saturated rings. The van der Waals surface area contributed by atoms with Gasteiger partial charge in [0.05, 0.1) is 17.6 Å². The largest absolute Gasteiger partial charge is 0.381 e. The highest BCUT2D eigenvalue weighted by Gasteiger charge is 2.24. The molecule has 1 aromatic rings. The fraction of sp³-hybridized carbons (Fsp3) is 0.500. The molecular weight excluding hydrogens is 239 g/mol. The van der Waals surface area contributed by atoms with E-state index in [4.69, 9.17) is 4.74 Å². The predicted octanol–water partition coefficient (Wildman–Crippen LogP) is 2.57. The summed E-state index contributed by atoms with van der Waals surface area (Å²) in [5.74, 6) is -0.337. The van der Waals surface area contributed by atoms with Gasteiger partial charge >= 0.3 is 0 Å². The molecule has 0 amide bonds. The molecule has 18 heavy (non-hydrogen) atoms. The summed E-state index contributed by atoms with van der Waals surface area (Å²) in [7, 11) is 0. The molecule has 1 aromatic carbocycles. The van der Waals surface area contributed by atoms with E-state index in [0.29, 0.717) is 18.9 Å². The lowest BCUT2D eigenvalue weighted by Gasteiger charge is -2.30. The van der Waals surface area contributed by atoms with Gasteiger partial charge in [-0.05, 0) is 24.5 Å². The summed E-state index contributed by atoms with van der Waals surface area (Å²) in [6.45, 7) is 3.29. The van der Waals surface area contributed by atoms with Crippen LogP contribution >= 0.6 is 0 Å². The quantitative estimate of drug-likeness (QED) is 0.665. The number of ether oxygens (including phenoxy) is 1. The average Bonchev–Trinajstić information content (AvgIpc) is 2.34. The molecule has 0 radical (unpaired) electrons. The molecule has 1 saturated heterocycles. The molecule has 6 heteroatoms. The highest BCUT2D eigenvalue weighted by atomic mass is 19.1. The second-order valence-corrected chi connectivity index (χ2v) is 4.51. The summed E-state index contributed by atoms with van der Waals surface area (Å²) in [5.41, 5.74) is 0.133. The molecule has 2 unspecified atom stereocenters. The number of hydrogen-bond donors (Lipinski definition) is 1. The number of halogens is 1. The van der Waals surface area contributed by atoms with Gasteiger partial charge in [0.15, 0.2) is 0 Å². The van der Waals surface area contributed by atoms with E-state index in [0.717, 1.165) is 12.5 Å². The first-order valence-corrected chi connectivity index (χ1v) is 5.86. The van der Waals surface area contributed by atoms with Crippen LogP contribution in [0.15, 0.2) is 18.2 Å². The molecule has 1 aliphatic heterocycles. The van der Waals surface area contributed by atoms with Crippen LogP contribution in [0.1, 0.15) is 13.3 Å². The molecule has 0 bridgehead atoms. The first-order chi connectivity index (χ1) is 8.58. The lowest BCUT2D eigenvalue weighted by atomic mass is 9.97. The van der Waals surface area contributed by atoms with E-state index < -0.39 is 10.7 Å². The summed E-state index contributed by atoms with van der Waals surface area (Å²) in [4.78, 5) is 10.3. The Balaban J connectivity index is 2.20. The monoisotopic (exact) mass is 254 g/mol. The van der Waals surface area contributed by atoms with Crippen molar-refractivity contribution in [1.82, 2.24) is 0 Å². The normalized spacial score (nSPS) is 23.7. The van der Waals surface area contributed by atoms with Crippen LogP contribution in [-0.4, -0.2) is 24.2 Å². The fourth-order valence-corrected chi connectivity index (χ4v) is 2.07. The molecule has 1 heterocycles. The summed E-state index contributed by atoms with van der Waals surface area (Å²) in [6.07, 6.45) is 0.787. The minimum atomic E-state index is -0.604. The van der Waals surface area contributed by atoms with Crippen LogP contribution in [0.3, 0.4) is 0 Å². The maximum atomic E-state index is 13.0. The van der Waals surface area contributed by atoms with E-state index >= 15 is 0 Å². The highest BCUT2D eigenvalue weighted by Crippen LogP contribution is 2.28. The van der Waals surface area contributed by atoms with Crippen LogP contribution in [0, 0.1) is 21.8 Å². The predicted molar refractivity (Wildman–Crippen MR) is 65.1 cm³/mol. The Morgan fingerprint density at radius 1 is 1.56 bits per heavy atom. The van der Waals surface area contributed by atoms with E-state index in [1.807, 2.05) is 6.92 Å². The Kier molecular flexibility index (Phi) is 3.76. The number of hydrogen-bond acceptors (Lipinski definition) is 4. The van der Waals surface area contributed by atoms with E-state index in [1.54, 1.807) is 0 Å². The van der Waals surface area contributed by atoms with Gasteiger partial charge in [-0.25, -0.2) is 4.39 Å². The molecule has 2 atom stereocenters. The smallest absolute Gasteiger partial charge is 0.295 e. The number of nitro groups is 1. The molecule has 0 aromatic heterocycles. The van der Waals surface area contributed by atoms with Crippen LogP contribution in [0.4, 0.5) is 15.8 Å². The fourth-order valence-electron chi connectivity index (χ4n) is 2.07. The lowest BCUT2D eigenvalue weighted by molar-refractivity contribution is -0.384. The van der Waals surface area contributed by atoms with Gasteiger partial charge < -0.3 is 10.1 Å². The van der Waals surface area contributed by atoms with Gasteiger partial charge in [0.1, 0.15) is 11.5 Å². The third kappa shape index (κ3) is 2.76. The average molecular weight is 254 g/mol. The van der Waals surface area contributed by atoms with Gasteiger partial charge in [-0.2, -0.15) is 0 Å². The first-order valence-electron chi connectivity index (χ1n) is 5.86. The lowest BCUT2D eigenvalue weighted by Crippen LogP contribution is -2.36. The highest BCUT2D eigenvalue weighted by molar-refractivity contribution is 5.61. The standard InChI is InChI=1S/C12H15FN2O3/c1-8-7-18-5-4-10(8)14-11-3-2-9(13)6-12(11)15(16)17/h2-3,6,8,10,14H,4-5,7H2,1H3. The zero-order chi connectivity index (χ0) is 13.1. The Bertz CT molecular complexity index is 453. The van der Waals surface area contributed by atoms with E-state index in [-0.39, 0.29) is 17.6 Å². The Labute approximate surface area is 104 Å². The Morgan fingerprint density at radius 3 is 3.00 bits per heavy atom. The molecular formula is C12H15FN2O3. The number of nitrogens with one attached hydrogen (secondary N) is 1. The van der Waals surface area contributed by atoms with E-state index in [9.17, 15) is 14.5 Å². The van der Waals surface area contributed by atoms with Crippen molar-refractivity contribution in [3.05, 3.63) is 34.1 Å². The van der Waals surface area contributed by atoms with Gasteiger partial charge in [0.2, 0.25) is 0 Å². The van der Waals surface area contributed by atoms with Crippen LogP contribution in [0.2, 0.25) is 0 Å². The van der Waals surface area contributed by atoms with E-state index in [2.05, 4.69) is 5.32 Å². The molecule has 2 rings (SSSR count). The second kappa shape index (κ2) is 5.30. The topological polar surface area (TPSA) is 64.4 Å². The maximum absolute atomic E-state index is 13.0. The third-order valence-corrected chi connectivity index (χ3v) is 3.14. The van der Waals surface area contributed by atoms with Crippen LogP contribution in [-0.2, 0) is 4.74 Å². The van der Waals surface area contributed by atoms with Gasteiger partial charge in [-0.15, -0.1) is 0 Å². The van der Waals surface area contributed by atoms with Crippen molar-refractivity contribution >= 4 is 11.4 Å². The van der Waals surface area contributed by atoms with Crippen molar-refractivity contribution in [1.29, 1.82) is 0 Å². The van der Waals surface area contributed by atoms with Crippen LogP contribution in [0.25, 0.3) is 0 Å². The minimum absolute atomic E-state index is 0.114.